The fourth-order valence-electron chi connectivity index (χ4n) is 1.85. The number of hydrogen-bond acceptors (Lipinski definition) is 3. The van der Waals surface area contributed by atoms with Gasteiger partial charge in [0.2, 0.25) is 9.84 Å². The lowest BCUT2D eigenvalue weighted by atomic mass is 10.4. The van der Waals surface area contributed by atoms with Crippen molar-refractivity contribution in [1.82, 2.24) is 0 Å². The third-order valence-corrected chi connectivity index (χ3v) is 5.87. The molecule has 0 atom stereocenters. The van der Waals surface area contributed by atoms with Crippen molar-refractivity contribution in [2.75, 3.05) is 11.5 Å². The van der Waals surface area contributed by atoms with Crippen LogP contribution in [0.1, 0.15) is 12.8 Å². The van der Waals surface area contributed by atoms with Crippen molar-refractivity contribution >= 4 is 21.6 Å². The fourth-order valence-corrected chi connectivity index (χ4v) is 4.17. The molecule has 20 heavy (non-hydrogen) atoms. The third-order valence-electron chi connectivity index (χ3n) is 2.93. The van der Waals surface area contributed by atoms with Gasteiger partial charge in [-0.1, -0.05) is 36.4 Å². The third kappa shape index (κ3) is 4.12. The molecule has 0 amide bonds. The van der Waals surface area contributed by atoms with Crippen molar-refractivity contribution in [1.29, 1.82) is 0 Å². The normalized spacial score (nSPS) is 14.4. The molecule has 1 heterocycles. The van der Waals surface area contributed by atoms with Gasteiger partial charge in [-0.2, -0.15) is 11.8 Å². The first-order valence-electron chi connectivity index (χ1n) is 6.64. The molecule has 2 aromatic rings. The Hall–Kier alpha value is -1.26. The van der Waals surface area contributed by atoms with Crippen molar-refractivity contribution < 1.29 is 8.42 Å². The maximum absolute atomic E-state index is 12.0. The molecule has 1 aliphatic rings. The van der Waals surface area contributed by atoms with Gasteiger partial charge in [0.1, 0.15) is 0 Å². The van der Waals surface area contributed by atoms with Crippen LogP contribution in [0.3, 0.4) is 0 Å². The summed E-state index contributed by atoms with van der Waals surface area (Å²) in [5, 5.41) is 0. The van der Waals surface area contributed by atoms with Crippen LogP contribution in [0.2, 0.25) is 0 Å². The van der Waals surface area contributed by atoms with Crippen LogP contribution in [0.4, 0.5) is 0 Å². The average Bonchev–Trinajstić information content (AvgIpc) is 3.09. The quantitative estimate of drug-likeness (QED) is 0.840. The number of sulfone groups is 1. The number of benzene rings is 2. The molecule has 0 radical (unpaired) electrons. The first-order valence-corrected chi connectivity index (χ1v) is 9.28. The van der Waals surface area contributed by atoms with Gasteiger partial charge in [0.25, 0.3) is 0 Å². The highest BCUT2D eigenvalue weighted by atomic mass is 32.2. The molecule has 0 aromatic heterocycles. The Kier molecular flexibility index (Phi) is 5.68. The van der Waals surface area contributed by atoms with Crippen molar-refractivity contribution in [3.63, 3.8) is 0 Å². The largest absolute Gasteiger partial charge is 0.219 e. The summed E-state index contributed by atoms with van der Waals surface area (Å²) in [4.78, 5) is 0.660. The van der Waals surface area contributed by atoms with E-state index in [-0.39, 0.29) is 0 Å². The lowest BCUT2D eigenvalue weighted by Crippen LogP contribution is -2.00. The van der Waals surface area contributed by atoms with Crippen LogP contribution in [0.15, 0.2) is 70.5 Å². The van der Waals surface area contributed by atoms with Crippen molar-refractivity contribution in [2.45, 2.75) is 22.6 Å². The first kappa shape index (κ1) is 15.1. The van der Waals surface area contributed by atoms with Gasteiger partial charge >= 0.3 is 0 Å². The second-order valence-electron chi connectivity index (χ2n) is 4.45. The van der Waals surface area contributed by atoms with Crippen LogP contribution < -0.4 is 0 Å². The summed E-state index contributed by atoms with van der Waals surface area (Å²) in [6.45, 7) is 0. The Bertz CT molecular complexity index is 550. The van der Waals surface area contributed by atoms with Crippen LogP contribution in [0.5, 0.6) is 0 Å². The number of rotatable bonds is 2. The van der Waals surface area contributed by atoms with E-state index in [4.69, 9.17) is 0 Å². The minimum atomic E-state index is -3.34. The average molecular weight is 306 g/mol. The molecule has 2 nitrogen and oxygen atoms in total. The molecule has 0 spiro atoms. The van der Waals surface area contributed by atoms with E-state index in [0.29, 0.717) is 9.79 Å². The van der Waals surface area contributed by atoms with E-state index in [0.717, 1.165) is 0 Å². The van der Waals surface area contributed by atoms with E-state index >= 15 is 0 Å². The molecule has 0 N–H and O–H groups in total. The highest BCUT2D eigenvalue weighted by Gasteiger charge is 2.15. The van der Waals surface area contributed by atoms with Crippen LogP contribution >= 0.6 is 11.8 Å². The van der Waals surface area contributed by atoms with Crippen LogP contribution in [-0.4, -0.2) is 19.9 Å². The Balaban J connectivity index is 0.000000247. The Labute approximate surface area is 125 Å². The van der Waals surface area contributed by atoms with E-state index in [9.17, 15) is 8.42 Å². The molecule has 0 saturated carbocycles. The summed E-state index contributed by atoms with van der Waals surface area (Å²) >= 11 is 2.07. The van der Waals surface area contributed by atoms with E-state index in [1.165, 1.54) is 24.3 Å². The van der Waals surface area contributed by atoms with Gasteiger partial charge in [-0.3, -0.25) is 0 Å². The molecule has 2 aromatic carbocycles. The highest BCUT2D eigenvalue weighted by Crippen LogP contribution is 2.19. The molecular weight excluding hydrogens is 288 g/mol. The van der Waals surface area contributed by atoms with Crippen LogP contribution in [0, 0.1) is 0 Å². The van der Waals surface area contributed by atoms with Gasteiger partial charge < -0.3 is 0 Å². The molecular formula is C16H18O2S2. The summed E-state index contributed by atoms with van der Waals surface area (Å²) in [5.74, 6) is 2.83. The summed E-state index contributed by atoms with van der Waals surface area (Å²) in [5.41, 5.74) is 0. The van der Waals surface area contributed by atoms with E-state index in [2.05, 4.69) is 11.8 Å². The number of hydrogen-bond donors (Lipinski definition) is 0. The molecule has 106 valence electrons. The zero-order valence-corrected chi connectivity index (χ0v) is 12.9. The lowest BCUT2D eigenvalue weighted by Gasteiger charge is -2.03. The van der Waals surface area contributed by atoms with Gasteiger partial charge in [0, 0.05) is 0 Å². The molecule has 4 heteroatoms. The Morgan fingerprint density at radius 2 is 1.10 bits per heavy atom. The molecule has 0 aliphatic carbocycles. The van der Waals surface area contributed by atoms with E-state index < -0.39 is 9.84 Å². The first-order chi connectivity index (χ1) is 9.71. The molecule has 3 rings (SSSR count). The second kappa shape index (κ2) is 7.50. The van der Waals surface area contributed by atoms with Crippen molar-refractivity contribution in [2.24, 2.45) is 0 Å². The lowest BCUT2D eigenvalue weighted by molar-refractivity contribution is 0.596. The Morgan fingerprint density at radius 1 is 0.700 bits per heavy atom. The summed E-state index contributed by atoms with van der Waals surface area (Å²) in [7, 11) is -3.34. The predicted octanol–water partition coefficient (Wildman–Crippen LogP) is 4.03. The second-order valence-corrected chi connectivity index (χ2v) is 7.62. The minimum Gasteiger partial charge on any atom is -0.219 e. The summed E-state index contributed by atoms with van der Waals surface area (Å²) in [6.07, 6.45) is 2.93. The Morgan fingerprint density at radius 3 is 1.40 bits per heavy atom. The van der Waals surface area contributed by atoms with E-state index in [1.807, 2.05) is 0 Å². The topological polar surface area (TPSA) is 34.1 Å². The molecule has 1 saturated heterocycles. The minimum absolute atomic E-state index is 0.330. The molecule has 1 aliphatic heterocycles. The van der Waals surface area contributed by atoms with Gasteiger partial charge in [-0.15, -0.1) is 0 Å². The van der Waals surface area contributed by atoms with Gasteiger partial charge in [0.05, 0.1) is 9.79 Å². The van der Waals surface area contributed by atoms with Gasteiger partial charge in [-0.05, 0) is 48.6 Å². The molecule has 1 fully saturated rings. The monoisotopic (exact) mass is 306 g/mol. The fraction of sp³-hybridized carbons (Fsp3) is 0.250. The SMILES string of the molecule is C1CCSC1.O=S(=O)(c1ccccc1)c1ccccc1. The zero-order valence-electron chi connectivity index (χ0n) is 11.2. The number of thioether (sulfide) groups is 1. The smallest absolute Gasteiger partial charge is 0.206 e. The maximum atomic E-state index is 12.0. The summed E-state index contributed by atoms with van der Waals surface area (Å²) in [6, 6.07) is 16.9. The molecule has 0 bridgehead atoms. The summed E-state index contributed by atoms with van der Waals surface area (Å²) < 4.78 is 24.1. The highest BCUT2D eigenvalue weighted by molar-refractivity contribution is 7.99. The van der Waals surface area contributed by atoms with Crippen molar-refractivity contribution in [3.05, 3.63) is 60.7 Å². The van der Waals surface area contributed by atoms with Crippen molar-refractivity contribution in [3.8, 4) is 0 Å². The van der Waals surface area contributed by atoms with Gasteiger partial charge in [0.15, 0.2) is 0 Å². The maximum Gasteiger partial charge on any atom is 0.206 e. The predicted molar refractivity (Wildman–Crippen MR) is 84.9 cm³/mol. The zero-order chi connectivity index (χ0) is 14.3. The van der Waals surface area contributed by atoms with E-state index in [1.54, 1.807) is 60.7 Å². The standard InChI is InChI=1S/C12H10O2S.C4H8S/c13-15(14,11-7-3-1-4-8-11)12-9-5-2-6-10-12;1-2-4-5-3-1/h1-10H;1-4H2. The molecule has 0 unspecified atom stereocenters. The van der Waals surface area contributed by atoms with Crippen LogP contribution in [0.25, 0.3) is 0 Å². The van der Waals surface area contributed by atoms with Crippen LogP contribution in [-0.2, 0) is 9.84 Å². The van der Waals surface area contributed by atoms with Gasteiger partial charge in [-0.25, -0.2) is 8.42 Å².